The molecule has 1 fully saturated rings. The van der Waals surface area contributed by atoms with Crippen LogP contribution in [0.25, 0.3) is 0 Å². The number of imidazole rings is 1. The van der Waals surface area contributed by atoms with Crippen LogP contribution in [-0.2, 0) is 10.0 Å². The highest BCUT2D eigenvalue weighted by Crippen LogP contribution is 2.30. The normalized spacial score (nSPS) is 25.8. The standard InChI is InChI=1S/C14H25N3O2S/c1-12-5-7-17(20(18,19)10-14(2,3)4)9-13(12)16-8-6-15-11-16/h6,8,11-13H,5,7,9-10H2,1-4H3/t12-,13-/m1/s1. The van der Waals surface area contributed by atoms with E-state index in [4.69, 9.17) is 0 Å². The van der Waals surface area contributed by atoms with Crippen molar-refractivity contribution in [2.45, 2.75) is 40.2 Å². The quantitative estimate of drug-likeness (QED) is 0.859. The minimum absolute atomic E-state index is 0.181. The van der Waals surface area contributed by atoms with E-state index in [-0.39, 0.29) is 17.2 Å². The maximum atomic E-state index is 12.5. The van der Waals surface area contributed by atoms with Crippen LogP contribution in [0.5, 0.6) is 0 Å². The van der Waals surface area contributed by atoms with Crippen LogP contribution < -0.4 is 0 Å². The van der Waals surface area contributed by atoms with Crippen LogP contribution in [0.15, 0.2) is 18.7 Å². The number of aromatic nitrogens is 2. The van der Waals surface area contributed by atoms with Crippen LogP contribution in [-0.4, -0.2) is 41.1 Å². The van der Waals surface area contributed by atoms with Crippen molar-refractivity contribution in [3.05, 3.63) is 18.7 Å². The molecule has 1 aromatic rings. The van der Waals surface area contributed by atoms with E-state index < -0.39 is 10.0 Å². The van der Waals surface area contributed by atoms with Gasteiger partial charge < -0.3 is 4.57 Å². The van der Waals surface area contributed by atoms with Crippen LogP contribution in [0.4, 0.5) is 0 Å². The first kappa shape index (κ1) is 15.5. The smallest absolute Gasteiger partial charge is 0.214 e. The number of sulfonamides is 1. The number of rotatable bonds is 3. The van der Waals surface area contributed by atoms with Crippen molar-refractivity contribution < 1.29 is 8.42 Å². The summed E-state index contributed by atoms with van der Waals surface area (Å²) in [5, 5.41) is 0. The van der Waals surface area contributed by atoms with Gasteiger partial charge in [0.1, 0.15) is 0 Å². The lowest BCUT2D eigenvalue weighted by molar-refractivity contribution is 0.199. The zero-order chi connectivity index (χ0) is 15.0. The maximum Gasteiger partial charge on any atom is 0.214 e. The molecular formula is C14H25N3O2S. The van der Waals surface area contributed by atoms with Gasteiger partial charge in [-0.1, -0.05) is 27.7 Å². The molecule has 0 saturated carbocycles. The fraction of sp³-hybridized carbons (Fsp3) is 0.786. The van der Waals surface area contributed by atoms with E-state index in [1.54, 1.807) is 16.8 Å². The summed E-state index contributed by atoms with van der Waals surface area (Å²) in [6.07, 6.45) is 6.34. The molecule has 0 amide bonds. The van der Waals surface area contributed by atoms with Crippen molar-refractivity contribution in [3.63, 3.8) is 0 Å². The first-order valence-electron chi connectivity index (χ1n) is 7.14. The molecule has 6 heteroatoms. The van der Waals surface area contributed by atoms with Crippen molar-refractivity contribution >= 4 is 10.0 Å². The third-order valence-electron chi connectivity index (χ3n) is 3.80. The molecule has 0 N–H and O–H groups in total. The average Bonchev–Trinajstić information content (AvgIpc) is 2.79. The topological polar surface area (TPSA) is 55.2 Å². The molecule has 0 radical (unpaired) electrons. The first-order chi connectivity index (χ1) is 9.19. The molecule has 0 aromatic carbocycles. The summed E-state index contributed by atoms with van der Waals surface area (Å²) < 4.78 is 28.7. The van der Waals surface area contributed by atoms with Crippen molar-refractivity contribution in [3.8, 4) is 0 Å². The summed E-state index contributed by atoms with van der Waals surface area (Å²) >= 11 is 0. The molecule has 0 aliphatic carbocycles. The fourth-order valence-corrected chi connectivity index (χ4v) is 4.81. The summed E-state index contributed by atoms with van der Waals surface area (Å²) in [4.78, 5) is 4.07. The van der Waals surface area contributed by atoms with E-state index in [1.807, 2.05) is 31.5 Å². The van der Waals surface area contributed by atoms with E-state index in [0.717, 1.165) is 6.42 Å². The lowest BCUT2D eigenvalue weighted by Crippen LogP contribution is -2.46. The van der Waals surface area contributed by atoms with Crippen molar-refractivity contribution in [1.29, 1.82) is 0 Å². The molecule has 114 valence electrons. The van der Waals surface area contributed by atoms with E-state index in [2.05, 4.69) is 11.9 Å². The Hall–Kier alpha value is -0.880. The van der Waals surface area contributed by atoms with Gasteiger partial charge in [0.05, 0.1) is 18.1 Å². The van der Waals surface area contributed by atoms with Gasteiger partial charge in [-0.3, -0.25) is 0 Å². The van der Waals surface area contributed by atoms with Crippen LogP contribution in [0.1, 0.15) is 40.2 Å². The van der Waals surface area contributed by atoms with Gasteiger partial charge in [0, 0.05) is 25.5 Å². The van der Waals surface area contributed by atoms with Gasteiger partial charge in [0.15, 0.2) is 0 Å². The van der Waals surface area contributed by atoms with E-state index in [1.165, 1.54) is 0 Å². The maximum absolute atomic E-state index is 12.5. The molecule has 2 rings (SSSR count). The first-order valence-corrected chi connectivity index (χ1v) is 8.75. The molecular weight excluding hydrogens is 274 g/mol. The Morgan fingerprint density at radius 2 is 2.05 bits per heavy atom. The van der Waals surface area contributed by atoms with Gasteiger partial charge >= 0.3 is 0 Å². The van der Waals surface area contributed by atoms with Crippen LogP contribution in [0, 0.1) is 11.3 Å². The van der Waals surface area contributed by atoms with Gasteiger partial charge in [-0.2, -0.15) is 4.31 Å². The number of nitrogens with zero attached hydrogens (tertiary/aromatic N) is 3. The zero-order valence-electron chi connectivity index (χ0n) is 12.8. The Kier molecular flexibility index (Phi) is 4.25. The van der Waals surface area contributed by atoms with E-state index in [0.29, 0.717) is 19.0 Å². The predicted molar refractivity (Wildman–Crippen MR) is 79.9 cm³/mol. The largest absolute Gasteiger partial charge is 0.333 e. The third-order valence-corrected chi connectivity index (χ3v) is 6.15. The van der Waals surface area contributed by atoms with Crippen molar-refractivity contribution in [2.75, 3.05) is 18.8 Å². The molecule has 1 aliphatic heterocycles. The average molecular weight is 299 g/mol. The lowest BCUT2D eigenvalue weighted by Gasteiger charge is -2.37. The molecule has 2 atom stereocenters. The van der Waals surface area contributed by atoms with Crippen LogP contribution in [0.2, 0.25) is 0 Å². The highest BCUT2D eigenvalue weighted by Gasteiger charge is 2.35. The summed E-state index contributed by atoms with van der Waals surface area (Å²) in [7, 11) is -3.19. The molecule has 5 nitrogen and oxygen atoms in total. The number of hydrogen-bond acceptors (Lipinski definition) is 3. The fourth-order valence-electron chi connectivity index (χ4n) is 2.76. The highest BCUT2D eigenvalue weighted by molar-refractivity contribution is 7.89. The second-order valence-electron chi connectivity index (χ2n) is 7.02. The van der Waals surface area contributed by atoms with E-state index >= 15 is 0 Å². The van der Waals surface area contributed by atoms with Gasteiger partial charge in [0.25, 0.3) is 0 Å². The number of piperidine rings is 1. The molecule has 0 bridgehead atoms. The zero-order valence-corrected chi connectivity index (χ0v) is 13.6. The molecule has 0 spiro atoms. The molecule has 1 saturated heterocycles. The van der Waals surface area contributed by atoms with Gasteiger partial charge in [-0.05, 0) is 17.8 Å². The SMILES string of the molecule is C[C@@H]1CCN(S(=O)(=O)CC(C)(C)C)C[C@H]1n1ccnc1. The highest BCUT2D eigenvalue weighted by atomic mass is 32.2. The monoisotopic (exact) mass is 299 g/mol. The lowest BCUT2D eigenvalue weighted by atomic mass is 9.95. The van der Waals surface area contributed by atoms with Gasteiger partial charge in [0.2, 0.25) is 10.0 Å². The molecule has 0 unspecified atom stereocenters. The van der Waals surface area contributed by atoms with Crippen molar-refractivity contribution in [1.82, 2.24) is 13.9 Å². The predicted octanol–water partition coefficient (Wildman–Crippen LogP) is 2.14. The second-order valence-corrected chi connectivity index (χ2v) is 8.99. The van der Waals surface area contributed by atoms with Crippen molar-refractivity contribution in [2.24, 2.45) is 11.3 Å². The minimum atomic E-state index is -3.19. The van der Waals surface area contributed by atoms with E-state index in [9.17, 15) is 8.42 Å². The summed E-state index contributed by atoms with van der Waals surface area (Å²) in [6, 6.07) is 0.181. The Bertz CT molecular complexity index is 531. The van der Waals surface area contributed by atoms with Gasteiger partial charge in [-0.25, -0.2) is 13.4 Å². The minimum Gasteiger partial charge on any atom is -0.333 e. The molecule has 2 heterocycles. The molecule has 20 heavy (non-hydrogen) atoms. The van der Waals surface area contributed by atoms with Gasteiger partial charge in [-0.15, -0.1) is 0 Å². The Morgan fingerprint density at radius 3 is 2.60 bits per heavy atom. The number of hydrogen-bond donors (Lipinski definition) is 0. The summed E-state index contributed by atoms with van der Waals surface area (Å²) in [5.74, 6) is 0.663. The van der Waals surface area contributed by atoms with Crippen LogP contribution in [0.3, 0.4) is 0 Å². The third kappa shape index (κ3) is 3.61. The summed E-state index contributed by atoms with van der Waals surface area (Å²) in [6.45, 7) is 9.25. The molecule has 1 aliphatic rings. The Labute approximate surface area is 122 Å². The Morgan fingerprint density at radius 1 is 1.35 bits per heavy atom. The van der Waals surface area contributed by atoms with Crippen LogP contribution >= 0.6 is 0 Å². The summed E-state index contributed by atoms with van der Waals surface area (Å²) in [5.41, 5.74) is -0.216. The second kappa shape index (κ2) is 5.48. The molecule has 1 aromatic heterocycles. The Balaban J connectivity index is 2.15.